The van der Waals surface area contributed by atoms with Gasteiger partial charge >= 0.3 is 6.09 Å². The number of rotatable bonds is 5. The minimum atomic E-state index is -0.613. The number of hydrogen-bond donors (Lipinski definition) is 4. The molecule has 0 unspecified atom stereocenters. The number of benzene rings is 3. The molecule has 0 fully saturated rings. The maximum absolute atomic E-state index is 13.3. The number of hydrogen-bond acceptors (Lipinski definition) is 8. The van der Waals surface area contributed by atoms with Crippen LogP contribution >= 0.6 is 11.6 Å². The number of imidazole rings is 1. The topological polar surface area (TPSA) is 169 Å². The molecule has 3 amide bonds. The number of carbonyl (C=O) groups excluding carboxylic acids is 3. The van der Waals surface area contributed by atoms with Gasteiger partial charge in [-0.2, -0.15) is 4.68 Å². The van der Waals surface area contributed by atoms with Crippen LogP contribution in [0.2, 0.25) is 5.02 Å². The van der Waals surface area contributed by atoms with E-state index < -0.39 is 12.1 Å². The molecule has 4 heterocycles. The molecule has 2 aliphatic heterocycles. The Balaban J connectivity index is 1.32. The Morgan fingerprint density at radius 3 is 2.73 bits per heavy atom. The van der Waals surface area contributed by atoms with Gasteiger partial charge in [-0.1, -0.05) is 29.8 Å². The molecule has 7 rings (SSSR count). The molecule has 0 saturated heterocycles. The van der Waals surface area contributed by atoms with Crippen LogP contribution in [0, 0.1) is 0 Å². The van der Waals surface area contributed by atoms with Crippen LogP contribution < -0.4 is 16.0 Å². The molecule has 2 aliphatic rings. The summed E-state index contributed by atoms with van der Waals surface area (Å²) in [6.45, 7) is 0.183. The summed E-state index contributed by atoms with van der Waals surface area (Å²) < 4.78 is 6.19. The average molecular weight is 624 g/mol. The molecule has 0 spiro atoms. The first-order chi connectivity index (χ1) is 21.9. The second kappa shape index (κ2) is 12.8. The van der Waals surface area contributed by atoms with Crippen LogP contribution in [0.5, 0.6) is 0 Å². The number of tetrazole rings is 1. The third-order valence-electron chi connectivity index (χ3n) is 7.16. The second-order valence-electron chi connectivity index (χ2n) is 10.1. The van der Waals surface area contributed by atoms with Gasteiger partial charge in [0.2, 0.25) is 5.91 Å². The lowest BCUT2D eigenvalue weighted by atomic mass is 10.0. The lowest BCUT2D eigenvalue weighted by molar-refractivity contribution is -0.117. The van der Waals surface area contributed by atoms with E-state index in [0.717, 1.165) is 16.7 Å². The first kappa shape index (κ1) is 29.3. The van der Waals surface area contributed by atoms with Crippen LogP contribution in [-0.2, 0) is 22.5 Å². The van der Waals surface area contributed by atoms with Gasteiger partial charge in [0, 0.05) is 40.0 Å². The fraction of sp³-hybridized carbons (Fsp3) is 0.129. The third kappa shape index (κ3) is 6.73. The Labute approximate surface area is 261 Å². The molecule has 2 aromatic heterocycles. The molecule has 1 atom stereocenters. The van der Waals surface area contributed by atoms with E-state index in [1.165, 1.54) is 24.2 Å². The van der Waals surface area contributed by atoms with Gasteiger partial charge in [-0.05, 0) is 76.5 Å². The minimum Gasteiger partial charge on any atom is -0.453 e. The molecule has 0 aliphatic carbocycles. The average Bonchev–Trinajstić information content (AvgIpc) is 3.76. The van der Waals surface area contributed by atoms with Gasteiger partial charge in [0.25, 0.3) is 5.91 Å². The van der Waals surface area contributed by atoms with Crippen molar-refractivity contribution < 1.29 is 19.1 Å². The summed E-state index contributed by atoms with van der Waals surface area (Å²) in [6.07, 6.45) is 5.96. The van der Waals surface area contributed by atoms with Crippen LogP contribution in [0.4, 0.5) is 10.5 Å². The fourth-order valence-electron chi connectivity index (χ4n) is 4.95. The van der Waals surface area contributed by atoms with E-state index in [1.807, 2.05) is 18.2 Å². The number of aromatic amines is 1. The van der Waals surface area contributed by atoms with E-state index >= 15 is 0 Å². The molecule has 0 saturated carbocycles. The zero-order chi connectivity index (χ0) is 31.3. The first-order valence-corrected chi connectivity index (χ1v) is 14.2. The molecule has 13 nitrogen and oxygen atoms in total. The highest BCUT2D eigenvalue weighted by Crippen LogP contribution is 2.28. The smallest absolute Gasteiger partial charge is 0.411 e. The molecule has 5 aromatic rings. The standard InChI is InChI=1S/C31H26ClN9O4/c1-45-31(44)36-23-8-9-24-21(14-23)15-34-30(43)19-4-2-18(3-5-19)12-25(29-33-16-26(24)38-29)37-28(42)11-6-20-13-22(32)7-10-27(20)41-17-35-39-40-41/h2-11,13-14,16-17,25H,12,15H2,1H3,(H,33,38)(H,34,43)(H,36,44)(H,37,42)/b11-6+/t25-/m0/s1. The van der Waals surface area contributed by atoms with Gasteiger partial charge in [0.15, 0.2) is 0 Å². The Morgan fingerprint density at radius 1 is 1.11 bits per heavy atom. The summed E-state index contributed by atoms with van der Waals surface area (Å²) in [5.41, 5.74) is 5.33. The number of halogens is 1. The number of nitrogens with zero attached hydrogens (tertiary/aromatic N) is 5. The zero-order valence-corrected chi connectivity index (χ0v) is 24.6. The molecular formula is C31H26ClN9O4. The fourth-order valence-corrected chi connectivity index (χ4v) is 5.13. The quantitative estimate of drug-likeness (QED) is 0.211. The number of fused-ring (bicyclic) bond motifs is 5. The van der Waals surface area contributed by atoms with Crippen molar-refractivity contribution >= 4 is 41.3 Å². The molecule has 14 heteroatoms. The van der Waals surface area contributed by atoms with E-state index in [4.69, 9.17) is 16.3 Å². The number of methoxy groups -OCH3 is 1. The maximum atomic E-state index is 13.3. The summed E-state index contributed by atoms with van der Waals surface area (Å²) >= 11 is 6.23. The number of aromatic nitrogens is 6. The van der Waals surface area contributed by atoms with Crippen molar-refractivity contribution in [2.45, 2.75) is 19.0 Å². The van der Waals surface area contributed by atoms with E-state index in [9.17, 15) is 14.4 Å². The number of amides is 3. The lowest BCUT2D eigenvalue weighted by Gasteiger charge is -2.17. The summed E-state index contributed by atoms with van der Waals surface area (Å²) in [6, 6.07) is 17.1. The van der Waals surface area contributed by atoms with Gasteiger partial charge in [-0.15, -0.1) is 5.10 Å². The highest BCUT2D eigenvalue weighted by Gasteiger charge is 2.21. The number of nitrogens with one attached hydrogen (secondary N) is 4. The Morgan fingerprint density at radius 2 is 1.96 bits per heavy atom. The molecule has 226 valence electrons. The number of ether oxygens (including phenoxy) is 1. The highest BCUT2D eigenvalue weighted by atomic mass is 35.5. The van der Waals surface area contributed by atoms with Gasteiger partial charge < -0.3 is 20.4 Å². The van der Waals surface area contributed by atoms with Crippen LogP contribution in [0.3, 0.4) is 0 Å². The summed E-state index contributed by atoms with van der Waals surface area (Å²) in [5, 5.41) is 20.4. The van der Waals surface area contributed by atoms with E-state index in [1.54, 1.807) is 54.7 Å². The Kier molecular flexibility index (Phi) is 8.33. The van der Waals surface area contributed by atoms with Gasteiger partial charge in [0.05, 0.1) is 30.7 Å². The highest BCUT2D eigenvalue weighted by molar-refractivity contribution is 6.30. The van der Waals surface area contributed by atoms with Gasteiger partial charge in [-0.3, -0.25) is 14.9 Å². The van der Waals surface area contributed by atoms with Crippen molar-refractivity contribution in [2.24, 2.45) is 0 Å². The van der Waals surface area contributed by atoms with E-state index in [0.29, 0.717) is 45.5 Å². The summed E-state index contributed by atoms with van der Waals surface area (Å²) in [4.78, 5) is 46.0. The van der Waals surface area contributed by atoms with Crippen LogP contribution in [0.1, 0.15) is 38.9 Å². The predicted molar refractivity (Wildman–Crippen MR) is 165 cm³/mol. The number of H-pyrrole nitrogens is 1. The molecule has 4 N–H and O–H groups in total. The van der Waals surface area contributed by atoms with E-state index in [-0.39, 0.29) is 18.4 Å². The Bertz CT molecular complexity index is 1900. The Hall–Kier alpha value is -5.82. The van der Waals surface area contributed by atoms with Crippen molar-refractivity contribution in [3.8, 4) is 16.9 Å². The van der Waals surface area contributed by atoms with E-state index in [2.05, 4.69) is 41.4 Å². The summed E-state index contributed by atoms with van der Waals surface area (Å²) in [7, 11) is 1.28. The largest absolute Gasteiger partial charge is 0.453 e. The minimum absolute atomic E-state index is 0.183. The van der Waals surface area contributed by atoms with Crippen molar-refractivity contribution in [3.05, 3.63) is 112 Å². The number of anilines is 1. The van der Waals surface area contributed by atoms with Gasteiger partial charge in [-0.25, -0.2) is 9.78 Å². The monoisotopic (exact) mass is 623 g/mol. The van der Waals surface area contributed by atoms with Crippen molar-refractivity contribution in [3.63, 3.8) is 0 Å². The molecular weight excluding hydrogens is 598 g/mol. The zero-order valence-electron chi connectivity index (χ0n) is 23.8. The summed E-state index contributed by atoms with van der Waals surface area (Å²) in [5.74, 6) is -0.0772. The molecule has 3 aromatic carbocycles. The van der Waals surface area contributed by atoms with Gasteiger partial charge in [0.1, 0.15) is 12.2 Å². The molecule has 4 bridgehead atoms. The molecule has 0 radical (unpaired) electrons. The van der Waals surface area contributed by atoms with Crippen LogP contribution in [0.25, 0.3) is 23.0 Å². The second-order valence-corrected chi connectivity index (χ2v) is 10.5. The van der Waals surface area contributed by atoms with Crippen LogP contribution in [0.15, 0.2) is 79.3 Å². The van der Waals surface area contributed by atoms with Crippen molar-refractivity contribution in [2.75, 3.05) is 12.4 Å². The molecule has 45 heavy (non-hydrogen) atoms. The van der Waals surface area contributed by atoms with Crippen LogP contribution in [-0.4, -0.2) is 55.2 Å². The lowest BCUT2D eigenvalue weighted by Crippen LogP contribution is -2.29. The predicted octanol–water partition coefficient (Wildman–Crippen LogP) is 4.24. The SMILES string of the molecule is COC(=O)Nc1ccc2c(c1)CNC(=O)c1ccc(cc1)C[C@H](NC(=O)/C=C/c1cc(Cl)ccc1-n1cnnn1)c1ncc-2[nH]1. The van der Waals surface area contributed by atoms with Crippen molar-refractivity contribution in [1.82, 2.24) is 40.8 Å². The third-order valence-corrected chi connectivity index (χ3v) is 7.40. The normalized spacial score (nSPS) is 14.4. The number of carbonyl (C=O) groups is 3. The first-order valence-electron chi connectivity index (χ1n) is 13.8. The van der Waals surface area contributed by atoms with Crippen molar-refractivity contribution in [1.29, 1.82) is 0 Å². The maximum Gasteiger partial charge on any atom is 0.411 e.